The summed E-state index contributed by atoms with van der Waals surface area (Å²) in [6.45, 7) is 1.91. The number of hydrogen-bond acceptors (Lipinski definition) is 4. The number of nitrogens with zero attached hydrogens (tertiary/aromatic N) is 2. The zero-order valence-electron chi connectivity index (χ0n) is 17.8. The Labute approximate surface area is 174 Å². The molecule has 3 aromatic carbocycles. The van der Waals surface area contributed by atoms with Gasteiger partial charge in [-0.1, -0.05) is 42.5 Å². The van der Waals surface area contributed by atoms with E-state index in [1.54, 1.807) is 0 Å². The highest BCUT2D eigenvalue weighted by Gasteiger charge is 2.39. The predicted octanol–water partition coefficient (Wildman–Crippen LogP) is 4.52. The average Bonchev–Trinajstić information content (AvgIpc) is 2.74. The van der Waals surface area contributed by atoms with E-state index in [9.17, 15) is 5.11 Å². The summed E-state index contributed by atoms with van der Waals surface area (Å²) >= 11 is 0. The van der Waals surface area contributed by atoms with Gasteiger partial charge in [0.05, 0.1) is 0 Å². The summed E-state index contributed by atoms with van der Waals surface area (Å²) in [4.78, 5) is 4.08. The molecule has 0 aromatic heterocycles. The van der Waals surface area contributed by atoms with E-state index in [4.69, 9.17) is 4.74 Å². The van der Waals surface area contributed by atoms with Crippen LogP contribution in [0, 0.1) is 0 Å². The van der Waals surface area contributed by atoms with Gasteiger partial charge in [-0.3, -0.25) is 0 Å². The number of para-hydroxylation sites is 1. The second-order valence-electron chi connectivity index (χ2n) is 7.72. The smallest absolute Gasteiger partial charge is 0.151 e. The molecule has 3 aromatic rings. The van der Waals surface area contributed by atoms with Crippen molar-refractivity contribution in [2.45, 2.75) is 18.6 Å². The molecule has 4 nitrogen and oxygen atoms in total. The molecule has 1 N–H and O–H groups in total. The molecule has 0 heterocycles. The van der Waals surface area contributed by atoms with Gasteiger partial charge in [0.15, 0.2) is 5.60 Å². The molecule has 4 heteroatoms. The third-order valence-electron chi connectivity index (χ3n) is 5.29. The van der Waals surface area contributed by atoms with E-state index in [-0.39, 0.29) is 0 Å². The number of aliphatic hydroxyl groups is 1. The van der Waals surface area contributed by atoms with Gasteiger partial charge in [-0.05, 0) is 54.4 Å². The van der Waals surface area contributed by atoms with Gasteiger partial charge in [0.2, 0.25) is 0 Å². The first kappa shape index (κ1) is 20.7. The quantitative estimate of drug-likeness (QED) is 0.643. The third-order valence-corrected chi connectivity index (χ3v) is 5.29. The lowest BCUT2D eigenvalue weighted by atomic mass is 9.82. The van der Waals surface area contributed by atoms with Crippen LogP contribution in [0.4, 0.5) is 11.4 Å². The summed E-state index contributed by atoms with van der Waals surface area (Å²) in [5.74, 6) is 0.730. The van der Waals surface area contributed by atoms with Crippen molar-refractivity contribution in [1.82, 2.24) is 0 Å². The SMILES string of the molecule is C[C@@H](Oc1ccccc1)C(O)(c1ccc(N(C)C)cc1)c1ccc(N(C)C)cc1. The van der Waals surface area contributed by atoms with Gasteiger partial charge in [0, 0.05) is 39.6 Å². The summed E-state index contributed by atoms with van der Waals surface area (Å²) in [6, 6.07) is 25.6. The number of ether oxygens (including phenoxy) is 1. The highest BCUT2D eigenvalue weighted by molar-refractivity contribution is 5.52. The minimum atomic E-state index is -1.30. The van der Waals surface area contributed by atoms with Crippen LogP contribution in [0.1, 0.15) is 18.1 Å². The van der Waals surface area contributed by atoms with E-state index in [1.165, 1.54) is 0 Å². The summed E-state index contributed by atoms with van der Waals surface area (Å²) in [5.41, 5.74) is 2.45. The molecule has 0 fully saturated rings. The molecule has 0 unspecified atom stereocenters. The van der Waals surface area contributed by atoms with Crippen molar-refractivity contribution in [2.75, 3.05) is 38.0 Å². The molecular formula is C25H30N2O2. The topological polar surface area (TPSA) is 35.9 Å². The maximum atomic E-state index is 12.0. The Kier molecular flexibility index (Phi) is 6.14. The van der Waals surface area contributed by atoms with Gasteiger partial charge in [0.25, 0.3) is 0 Å². The molecular weight excluding hydrogens is 360 g/mol. The molecule has 0 bridgehead atoms. The fourth-order valence-corrected chi connectivity index (χ4v) is 3.45. The maximum Gasteiger partial charge on any atom is 0.151 e. The lowest BCUT2D eigenvalue weighted by Crippen LogP contribution is -2.42. The Hall–Kier alpha value is -2.98. The van der Waals surface area contributed by atoms with Crippen LogP contribution in [0.2, 0.25) is 0 Å². The number of hydrogen-bond donors (Lipinski definition) is 1. The molecule has 0 spiro atoms. The molecule has 0 saturated carbocycles. The van der Waals surface area contributed by atoms with Gasteiger partial charge in [-0.2, -0.15) is 0 Å². The molecule has 0 amide bonds. The fraction of sp³-hybridized carbons (Fsp3) is 0.280. The van der Waals surface area contributed by atoms with E-state index in [0.29, 0.717) is 0 Å². The molecule has 152 valence electrons. The van der Waals surface area contributed by atoms with Crippen LogP contribution < -0.4 is 14.5 Å². The Morgan fingerprint density at radius 1 is 0.690 bits per heavy atom. The fourth-order valence-electron chi connectivity index (χ4n) is 3.45. The summed E-state index contributed by atoms with van der Waals surface area (Å²) in [6.07, 6.45) is -0.500. The van der Waals surface area contributed by atoms with Crippen LogP contribution in [0.5, 0.6) is 5.75 Å². The van der Waals surface area contributed by atoms with Crippen molar-refractivity contribution in [3.05, 3.63) is 90.0 Å². The zero-order chi connectivity index (χ0) is 21.0. The van der Waals surface area contributed by atoms with Crippen molar-refractivity contribution in [1.29, 1.82) is 0 Å². The minimum absolute atomic E-state index is 0.500. The van der Waals surface area contributed by atoms with Crippen LogP contribution >= 0.6 is 0 Å². The lowest BCUT2D eigenvalue weighted by molar-refractivity contribution is -0.0258. The minimum Gasteiger partial charge on any atom is -0.487 e. The van der Waals surface area contributed by atoms with Crippen LogP contribution in [-0.2, 0) is 5.60 Å². The van der Waals surface area contributed by atoms with Gasteiger partial charge in [-0.25, -0.2) is 0 Å². The van der Waals surface area contributed by atoms with E-state index in [2.05, 4.69) is 0 Å². The van der Waals surface area contributed by atoms with Gasteiger partial charge in [-0.15, -0.1) is 0 Å². The number of benzene rings is 3. The monoisotopic (exact) mass is 390 g/mol. The number of rotatable bonds is 7. The lowest BCUT2D eigenvalue weighted by Gasteiger charge is -2.36. The second-order valence-corrected chi connectivity index (χ2v) is 7.72. The van der Waals surface area contributed by atoms with E-state index in [1.807, 2.05) is 124 Å². The normalized spacial score (nSPS) is 12.3. The molecule has 1 atom stereocenters. The first-order valence-electron chi connectivity index (χ1n) is 9.82. The van der Waals surface area contributed by atoms with Crippen LogP contribution in [0.3, 0.4) is 0 Å². The van der Waals surface area contributed by atoms with Gasteiger partial charge < -0.3 is 19.6 Å². The predicted molar refractivity (Wildman–Crippen MR) is 121 cm³/mol. The summed E-state index contributed by atoms with van der Waals surface area (Å²) in [5, 5.41) is 12.0. The maximum absolute atomic E-state index is 12.0. The van der Waals surface area contributed by atoms with E-state index >= 15 is 0 Å². The molecule has 29 heavy (non-hydrogen) atoms. The van der Waals surface area contributed by atoms with Crippen molar-refractivity contribution < 1.29 is 9.84 Å². The Bertz CT molecular complexity index is 852. The largest absolute Gasteiger partial charge is 0.487 e. The zero-order valence-corrected chi connectivity index (χ0v) is 17.8. The molecule has 0 saturated heterocycles. The standard InChI is InChI=1S/C25H30N2O2/c1-19(29-24-9-7-6-8-10-24)25(28,20-11-15-22(16-12-20)26(2)3)21-13-17-23(18-14-21)27(4)5/h6-19,28H,1-5H3/t19-/m1/s1. The van der Waals surface area contributed by atoms with E-state index < -0.39 is 11.7 Å². The molecule has 0 aliphatic carbocycles. The molecule has 3 rings (SSSR count). The third kappa shape index (κ3) is 4.38. The highest BCUT2D eigenvalue weighted by atomic mass is 16.5. The average molecular weight is 391 g/mol. The molecule has 0 aliphatic rings. The van der Waals surface area contributed by atoms with Crippen LogP contribution in [-0.4, -0.2) is 39.4 Å². The summed E-state index contributed by atoms with van der Waals surface area (Å²) < 4.78 is 6.17. The van der Waals surface area contributed by atoms with Gasteiger partial charge >= 0.3 is 0 Å². The van der Waals surface area contributed by atoms with Crippen molar-refractivity contribution in [3.63, 3.8) is 0 Å². The first-order chi connectivity index (χ1) is 13.8. The highest BCUT2D eigenvalue weighted by Crippen LogP contribution is 2.36. The second kappa shape index (κ2) is 8.58. The molecule has 0 radical (unpaired) electrons. The molecule has 0 aliphatic heterocycles. The Morgan fingerprint density at radius 2 is 1.10 bits per heavy atom. The van der Waals surface area contributed by atoms with Crippen molar-refractivity contribution in [3.8, 4) is 5.75 Å². The Balaban J connectivity index is 2.04. The Morgan fingerprint density at radius 3 is 1.48 bits per heavy atom. The first-order valence-corrected chi connectivity index (χ1v) is 9.82. The van der Waals surface area contributed by atoms with Gasteiger partial charge in [0.1, 0.15) is 11.9 Å². The van der Waals surface area contributed by atoms with E-state index in [0.717, 1.165) is 28.3 Å². The van der Waals surface area contributed by atoms with Crippen LogP contribution in [0.25, 0.3) is 0 Å². The number of anilines is 2. The van der Waals surface area contributed by atoms with Crippen molar-refractivity contribution in [2.24, 2.45) is 0 Å². The summed E-state index contributed by atoms with van der Waals surface area (Å²) in [7, 11) is 8.01. The van der Waals surface area contributed by atoms with Crippen molar-refractivity contribution >= 4 is 11.4 Å². The van der Waals surface area contributed by atoms with Crippen LogP contribution in [0.15, 0.2) is 78.9 Å².